The zero-order chi connectivity index (χ0) is 10.5. The second kappa shape index (κ2) is 5.26. The molecular formula is C12H16O3. The third kappa shape index (κ3) is 3.02. The number of rotatable bonds is 6. The Hall–Kier alpha value is -0.900. The van der Waals surface area contributed by atoms with Gasteiger partial charge in [0.2, 0.25) is 0 Å². The Morgan fingerprint density at radius 3 is 2.73 bits per heavy atom. The lowest BCUT2D eigenvalue weighted by molar-refractivity contribution is 0.0622. The maximum atomic E-state index is 5.52. The largest absolute Gasteiger partial charge is 0.382 e. The van der Waals surface area contributed by atoms with Crippen LogP contribution in [0.4, 0.5) is 0 Å². The van der Waals surface area contributed by atoms with Crippen LogP contribution in [0, 0.1) is 0 Å². The summed E-state index contributed by atoms with van der Waals surface area (Å²) < 4.78 is 15.8. The van der Waals surface area contributed by atoms with E-state index in [0.29, 0.717) is 19.8 Å². The summed E-state index contributed by atoms with van der Waals surface area (Å²) in [5.41, 5.74) is 1.23. The first-order valence-corrected chi connectivity index (χ1v) is 5.19. The average molecular weight is 208 g/mol. The van der Waals surface area contributed by atoms with Crippen LogP contribution in [-0.2, 0) is 14.2 Å². The summed E-state index contributed by atoms with van der Waals surface area (Å²) in [5.74, 6) is 0. The van der Waals surface area contributed by atoms with Gasteiger partial charge in [-0.15, -0.1) is 0 Å². The summed E-state index contributed by atoms with van der Waals surface area (Å²) in [7, 11) is 1.67. The van der Waals surface area contributed by atoms with Crippen molar-refractivity contribution in [2.45, 2.75) is 12.2 Å². The number of methoxy groups -OCH3 is 1. The van der Waals surface area contributed by atoms with Crippen LogP contribution in [0.15, 0.2) is 30.3 Å². The van der Waals surface area contributed by atoms with Crippen LogP contribution in [0.5, 0.6) is 0 Å². The van der Waals surface area contributed by atoms with E-state index in [9.17, 15) is 0 Å². The van der Waals surface area contributed by atoms with E-state index in [0.717, 1.165) is 0 Å². The van der Waals surface area contributed by atoms with E-state index in [2.05, 4.69) is 12.1 Å². The second-order valence-corrected chi connectivity index (χ2v) is 3.57. The third-order valence-electron chi connectivity index (χ3n) is 2.42. The minimum Gasteiger partial charge on any atom is -0.382 e. The van der Waals surface area contributed by atoms with Crippen LogP contribution in [0.3, 0.4) is 0 Å². The Balaban J connectivity index is 1.68. The molecule has 1 aliphatic rings. The normalized spacial score (nSPS) is 24.1. The zero-order valence-electron chi connectivity index (χ0n) is 8.89. The summed E-state index contributed by atoms with van der Waals surface area (Å²) >= 11 is 0. The van der Waals surface area contributed by atoms with Gasteiger partial charge in [-0.25, -0.2) is 0 Å². The number of benzene rings is 1. The van der Waals surface area contributed by atoms with E-state index >= 15 is 0 Å². The third-order valence-corrected chi connectivity index (χ3v) is 2.42. The summed E-state index contributed by atoms with van der Waals surface area (Å²) in [6, 6.07) is 10.2. The van der Waals surface area contributed by atoms with Gasteiger partial charge in [0.05, 0.1) is 19.8 Å². The number of hydrogen-bond acceptors (Lipinski definition) is 3. The predicted octanol–water partition coefficient (Wildman–Crippen LogP) is 1.79. The van der Waals surface area contributed by atoms with Crippen LogP contribution >= 0.6 is 0 Å². The standard InChI is InChI=1S/C12H16O3/c1-13-7-8-14-9-11-12(15-11)10-5-3-2-4-6-10/h2-6,11-12H,7-9H2,1H3/t11-,12+/m0/s1. The molecule has 0 bridgehead atoms. The van der Waals surface area contributed by atoms with Gasteiger partial charge in [-0.05, 0) is 5.56 Å². The fourth-order valence-electron chi connectivity index (χ4n) is 1.55. The van der Waals surface area contributed by atoms with Crippen molar-refractivity contribution in [1.82, 2.24) is 0 Å². The highest BCUT2D eigenvalue weighted by molar-refractivity contribution is 5.22. The SMILES string of the molecule is COCCOC[C@@H]1O[C@@H]1c1ccccc1. The second-order valence-electron chi connectivity index (χ2n) is 3.57. The van der Waals surface area contributed by atoms with Crippen molar-refractivity contribution >= 4 is 0 Å². The number of hydrogen-bond donors (Lipinski definition) is 0. The van der Waals surface area contributed by atoms with Gasteiger partial charge in [0, 0.05) is 7.11 Å². The van der Waals surface area contributed by atoms with Crippen molar-refractivity contribution in [2.75, 3.05) is 26.9 Å². The van der Waals surface area contributed by atoms with Crippen molar-refractivity contribution in [2.24, 2.45) is 0 Å². The molecule has 0 aliphatic carbocycles. The molecule has 0 saturated carbocycles. The molecular weight excluding hydrogens is 192 g/mol. The molecule has 3 heteroatoms. The molecule has 1 fully saturated rings. The van der Waals surface area contributed by atoms with Crippen molar-refractivity contribution in [1.29, 1.82) is 0 Å². The molecule has 82 valence electrons. The maximum Gasteiger partial charge on any atom is 0.112 e. The quantitative estimate of drug-likeness (QED) is 0.527. The van der Waals surface area contributed by atoms with Gasteiger partial charge < -0.3 is 14.2 Å². The topological polar surface area (TPSA) is 31.0 Å². The first kappa shape index (κ1) is 10.6. The van der Waals surface area contributed by atoms with Crippen LogP contribution < -0.4 is 0 Å². The lowest BCUT2D eigenvalue weighted by Gasteiger charge is -2.00. The Morgan fingerprint density at radius 2 is 2.00 bits per heavy atom. The van der Waals surface area contributed by atoms with E-state index in [1.807, 2.05) is 18.2 Å². The van der Waals surface area contributed by atoms with Gasteiger partial charge in [-0.1, -0.05) is 30.3 Å². The van der Waals surface area contributed by atoms with Gasteiger partial charge in [-0.2, -0.15) is 0 Å². The maximum absolute atomic E-state index is 5.52. The summed E-state index contributed by atoms with van der Waals surface area (Å²) in [6.45, 7) is 1.93. The molecule has 2 rings (SSSR count). The Bertz CT molecular complexity index is 286. The average Bonchev–Trinajstić information content (AvgIpc) is 3.05. The van der Waals surface area contributed by atoms with Crippen molar-refractivity contribution < 1.29 is 14.2 Å². The van der Waals surface area contributed by atoms with Crippen molar-refractivity contribution in [3.63, 3.8) is 0 Å². The summed E-state index contributed by atoms with van der Waals surface area (Å²) in [5, 5.41) is 0. The Kier molecular flexibility index (Phi) is 3.72. The molecule has 0 N–H and O–H groups in total. The number of ether oxygens (including phenoxy) is 3. The van der Waals surface area contributed by atoms with Crippen molar-refractivity contribution in [3.8, 4) is 0 Å². The van der Waals surface area contributed by atoms with E-state index in [4.69, 9.17) is 14.2 Å². The molecule has 0 radical (unpaired) electrons. The molecule has 1 saturated heterocycles. The minimum absolute atomic E-state index is 0.226. The van der Waals surface area contributed by atoms with E-state index in [-0.39, 0.29) is 12.2 Å². The Labute approximate surface area is 90.0 Å². The molecule has 15 heavy (non-hydrogen) atoms. The summed E-state index contributed by atoms with van der Waals surface area (Å²) in [6.07, 6.45) is 0.456. The monoisotopic (exact) mass is 208 g/mol. The molecule has 2 atom stereocenters. The molecule has 1 heterocycles. The lowest BCUT2D eigenvalue weighted by atomic mass is 10.1. The molecule has 3 nitrogen and oxygen atoms in total. The van der Waals surface area contributed by atoms with Crippen LogP contribution in [0.25, 0.3) is 0 Å². The zero-order valence-corrected chi connectivity index (χ0v) is 8.89. The molecule has 1 aromatic carbocycles. The molecule has 0 aromatic heterocycles. The fourth-order valence-corrected chi connectivity index (χ4v) is 1.55. The van der Waals surface area contributed by atoms with Crippen molar-refractivity contribution in [3.05, 3.63) is 35.9 Å². The first-order valence-electron chi connectivity index (χ1n) is 5.19. The lowest BCUT2D eigenvalue weighted by Crippen LogP contribution is -2.07. The van der Waals surface area contributed by atoms with Gasteiger partial charge in [0.1, 0.15) is 12.2 Å². The highest BCUT2D eigenvalue weighted by Crippen LogP contribution is 2.38. The van der Waals surface area contributed by atoms with E-state index < -0.39 is 0 Å². The predicted molar refractivity (Wildman–Crippen MR) is 56.8 cm³/mol. The molecule has 0 spiro atoms. The molecule has 1 aliphatic heterocycles. The number of epoxide rings is 1. The fraction of sp³-hybridized carbons (Fsp3) is 0.500. The van der Waals surface area contributed by atoms with Crippen LogP contribution in [-0.4, -0.2) is 33.0 Å². The van der Waals surface area contributed by atoms with Gasteiger partial charge in [0.15, 0.2) is 0 Å². The Morgan fingerprint density at radius 1 is 1.20 bits per heavy atom. The molecule has 1 aromatic rings. The highest BCUT2D eigenvalue weighted by Gasteiger charge is 2.39. The highest BCUT2D eigenvalue weighted by atomic mass is 16.6. The first-order chi connectivity index (χ1) is 7.42. The molecule has 0 amide bonds. The van der Waals surface area contributed by atoms with Gasteiger partial charge in [-0.3, -0.25) is 0 Å². The van der Waals surface area contributed by atoms with Crippen LogP contribution in [0.1, 0.15) is 11.7 Å². The van der Waals surface area contributed by atoms with Gasteiger partial charge >= 0.3 is 0 Å². The van der Waals surface area contributed by atoms with Gasteiger partial charge in [0.25, 0.3) is 0 Å². The smallest absolute Gasteiger partial charge is 0.112 e. The van der Waals surface area contributed by atoms with E-state index in [1.54, 1.807) is 7.11 Å². The molecule has 0 unspecified atom stereocenters. The van der Waals surface area contributed by atoms with Crippen LogP contribution in [0.2, 0.25) is 0 Å². The summed E-state index contributed by atoms with van der Waals surface area (Å²) in [4.78, 5) is 0. The van der Waals surface area contributed by atoms with E-state index in [1.165, 1.54) is 5.56 Å². The minimum atomic E-state index is 0.226.